The van der Waals surface area contributed by atoms with Gasteiger partial charge in [-0.1, -0.05) is 23.7 Å². The van der Waals surface area contributed by atoms with Crippen LogP contribution in [-0.2, 0) is 16.1 Å². The molecule has 16 heavy (non-hydrogen) atoms. The van der Waals surface area contributed by atoms with Crippen molar-refractivity contribution in [3.63, 3.8) is 0 Å². The first-order chi connectivity index (χ1) is 7.61. The molecule has 0 aliphatic heterocycles. The highest BCUT2D eigenvalue weighted by atomic mass is 35.5. The van der Waals surface area contributed by atoms with E-state index >= 15 is 0 Å². The van der Waals surface area contributed by atoms with Gasteiger partial charge in [-0.05, 0) is 24.6 Å². The lowest BCUT2D eigenvalue weighted by molar-refractivity contribution is -0.121. The van der Waals surface area contributed by atoms with Crippen molar-refractivity contribution in [1.29, 1.82) is 0 Å². The Morgan fingerprint density at radius 1 is 1.50 bits per heavy atom. The highest BCUT2D eigenvalue weighted by Crippen LogP contribution is 2.09. The lowest BCUT2D eigenvalue weighted by atomic mass is 10.1. The van der Waals surface area contributed by atoms with Crippen LogP contribution in [0.4, 0.5) is 0 Å². The number of amides is 1. The molecule has 1 aromatic carbocycles. The molecule has 0 heterocycles. The van der Waals surface area contributed by atoms with Gasteiger partial charge in [0.15, 0.2) is 0 Å². The van der Waals surface area contributed by atoms with E-state index in [1.807, 2.05) is 12.1 Å². The van der Waals surface area contributed by atoms with Gasteiger partial charge in [0.25, 0.3) is 0 Å². The first-order valence-electron chi connectivity index (χ1n) is 4.98. The molecule has 4 nitrogen and oxygen atoms in total. The number of hydrogen-bond acceptors (Lipinski definition) is 3. The molecule has 0 saturated carbocycles. The lowest BCUT2D eigenvalue weighted by Gasteiger charge is -2.09. The molecule has 88 valence electrons. The van der Waals surface area contributed by atoms with Gasteiger partial charge in [0.05, 0.1) is 12.5 Å². The van der Waals surface area contributed by atoms with Gasteiger partial charge in [0, 0.05) is 11.6 Å². The van der Waals surface area contributed by atoms with Crippen LogP contribution in [-0.4, -0.2) is 18.6 Å². The fraction of sp³-hybridized carbons (Fsp3) is 0.364. The second-order valence-corrected chi connectivity index (χ2v) is 3.99. The third-order valence-electron chi connectivity index (χ3n) is 2.10. The Kier molecular flexibility index (Phi) is 5.25. The Morgan fingerprint density at radius 2 is 2.12 bits per heavy atom. The van der Waals surface area contributed by atoms with E-state index in [4.69, 9.17) is 17.5 Å². The second kappa shape index (κ2) is 6.48. The van der Waals surface area contributed by atoms with Gasteiger partial charge < -0.3 is 5.32 Å². The minimum atomic E-state index is -0.186. The Hall–Kier alpha value is -1.10. The number of nitrogens with two attached hydrogens (primary N) is 1. The molecule has 5 heteroatoms. The Bertz CT molecular complexity index is 340. The average molecular weight is 243 g/mol. The second-order valence-electron chi connectivity index (χ2n) is 3.55. The molecular formula is C11H15ClN2O2. The van der Waals surface area contributed by atoms with E-state index in [-0.39, 0.29) is 12.0 Å². The number of carbonyl (C=O) groups excluding carboxylic acids is 1. The van der Waals surface area contributed by atoms with E-state index in [1.165, 1.54) is 0 Å². The summed E-state index contributed by atoms with van der Waals surface area (Å²) in [7, 11) is 0. The molecule has 0 fully saturated rings. The molecule has 1 aromatic rings. The van der Waals surface area contributed by atoms with Crippen molar-refractivity contribution >= 4 is 17.5 Å². The van der Waals surface area contributed by atoms with E-state index in [1.54, 1.807) is 19.1 Å². The van der Waals surface area contributed by atoms with E-state index in [9.17, 15) is 4.79 Å². The van der Waals surface area contributed by atoms with Crippen LogP contribution < -0.4 is 11.2 Å². The van der Waals surface area contributed by atoms with Gasteiger partial charge in [-0.25, -0.2) is 5.90 Å². The van der Waals surface area contributed by atoms with Gasteiger partial charge in [0.2, 0.25) is 5.91 Å². The largest absolute Gasteiger partial charge is 0.353 e. The molecule has 3 N–H and O–H groups in total. The molecule has 1 amide bonds. The summed E-state index contributed by atoms with van der Waals surface area (Å²) < 4.78 is 0. The maximum Gasteiger partial charge on any atom is 0.224 e. The predicted octanol–water partition coefficient (Wildman–Crippen LogP) is 1.28. The number of halogens is 1. The normalized spacial score (nSPS) is 12.2. The first-order valence-corrected chi connectivity index (χ1v) is 5.36. The summed E-state index contributed by atoms with van der Waals surface area (Å²) in [5.74, 6) is 4.90. The van der Waals surface area contributed by atoms with Crippen molar-refractivity contribution in [2.75, 3.05) is 6.54 Å². The van der Waals surface area contributed by atoms with E-state index in [2.05, 4.69) is 10.2 Å². The number of hydrogen-bond donors (Lipinski definition) is 2. The predicted molar refractivity (Wildman–Crippen MR) is 62.9 cm³/mol. The Morgan fingerprint density at radius 3 is 2.69 bits per heavy atom. The summed E-state index contributed by atoms with van der Waals surface area (Å²) in [5.41, 5.74) is 0.920. The molecule has 0 spiro atoms. The van der Waals surface area contributed by atoms with Crippen LogP contribution in [0.25, 0.3) is 0 Å². The van der Waals surface area contributed by atoms with Crippen LogP contribution in [0, 0.1) is 0 Å². The summed E-state index contributed by atoms with van der Waals surface area (Å²) in [6.45, 7) is 2.19. The standard InChI is InChI=1S/C11H15ClN2O2/c1-8(16-13)7-14-11(15)6-9-2-4-10(12)5-3-9/h2-5,8H,6-7,13H2,1H3,(H,14,15). The quantitative estimate of drug-likeness (QED) is 0.765. The average Bonchev–Trinajstić information content (AvgIpc) is 2.29. The fourth-order valence-corrected chi connectivity index (χ4v) is 1.28. The first kappa shape index (κ1) is 13.0. The van der Waals surface area contributed by atoms with Gasteiger partial charge in [-0.3, -0.25) is 9.63 Å². The smallest absolute Gasteiger partial charge is 0.224 e. The van der Waals surface area contributed by atoms with Crippen LogP contribution in [0.2, 0.25) is 5.02 Å². The van der Waals surface area contributed by atoms with Crippen molar-refractivity contribution in [3.05, 3.63) is 34.9 Å². The van der Waals surface area contributed by atoms with E-state index < -0.39 is 0 Å². The third-order valence-corrected chi connectivity index (χ3v) is 2.35. The zero-order chi connectivity index (χ0) is 12.0. The fourth-order valence-electron chi connectivity index (χ4n) is 1.16. The third kappa shape index (κ3) is 4.61. The van der Waals surface area contributed by atoms with Crippen LogP contribution in [0.3, 0.4) is 0 Å². The van der Waals surface area contributed by atoms with E-state index in [0.717, 1.165) is 5.56 Å². The Balaban J connectivity index is 2.37. The van der Waals surface area contributed by atoms with Crippen LogP contribution in [0.5, 0.6) is 0 Å². The Labute approximate surface area is 99.7 Å². The molecule has 1 rings (SSSR count). The summed E-state index contributed by atoms with van der Waals surface area (Å²) in [6, 6.07) is 7.17. The summed E-state index contributed by atoms with van der Waals surface area (Å²) in [6.07, 6.45) is 0.142. The minimum absolute atomic E-state index is 0.0637. The van der Waals surface area contributed by atoms with Crippen LogP contribution in [0.1, 0.15) is 12.5 Å². The lowest BCUT2D eigenvalue weighted by Crippen LogP contribution is -2.34. The minimum Gasteiger partial charge on any atom is -0.353 e. The van der Waals surface area contributed by atoms with Crippen LogP contribution >= 0.6 is 11.6 Å². The summed E-state index contributed by atoms with van der Waals surface area (Å²) >= 11 is 5.74. The molecule has 0 saturated heterocycles. The van der Waals surface area contributed by atoms with Crippen molar-refractivity contribution in [1.82, 2.24) is 5.32 Å². The van der Waals surface area contributed by atoms with Crippen molar-refractivity contribution in [2.45, 2.75) is 19.4 Å². The maximum absolute atomic E-state index is 11.5. The van der Waals surface area contributed by atoms with Gasteiger partial charge in [-0.2, -0.15) is 0 Å². The van der Waals surface area contributed by atoms with Crippen molar-refractivity contribution in [2.24, 2.45) is 5.90 Å². The highest BCUT2D eigenvalue weighted by molar-refractivity contribution is 6.30. The number of carbonyl (C=O) groups is 1. The molecule has 0 aromatic heterocycles. The maximum atomic E-state index is 11.5. The molecule has 0 radical (unpaired) electrons. The van der Waals surface area contributed by atoms with Gasteiger partial charge >= 0.3 is 0 Å². The monoisotopic (exact) mass is 242 g/mol. The molecule has 1 atom stereocenters. The van der Waals surface area contributed by atoms with Crippen molar-refractivity contribution < 1.29 is 9.63 Å². The van der Waals surface area contributed by atoms with E-state index in [0.29, 0.717) is 18.0 Å². The number of rotatable bonds is 5. The molecule has 0 aliphatic rings. The van der Waals surface area contributed by atoms with Gasteiger partial charge in [-0.15, -0.1) is 0 Å². The summed E-state index contributed by atoms with van der Waals surface area (Å²) in [5, 5.41) is 3.38. The summed E-state index contributed by atoms with van der Waals surface area (Å²) in [4.78, 5) is 16.0. The zero-order valence-corrected chi connectivity index (χ0v) is 9.83. The number of nitrogens with one attached hydrogen (secondary N) is 1. The van der Waals surface area contributed by atoms with Crippen LogP contribution in [0.15, 0.2) is 24.3 Å². The SMILES string of the molecule is CC(CNC(=O)Cc1ccc(Cl)cc1)ON. The number of benzene rings is 1. The topological polar surface area (TPSA) is 64.3 Å². The highest BCUT2D eigenvalue weighted by Gasteiger charge is 2.05. The molecule has 0 bridgehead atoms. The zero-order valence-electron chi connectivity index (χ0n) is 9.07. The van der Waals surface area contributed by atoms with Crippen molar-refractivity contribution in [3.8, 4) is 0 Å². The molecular weight excluding hydrogens is 228 g/mol. The van der Waals surface area contributed by atoms with Gasteiger partial charge in [0.1, 0.15) is 0 Å². The molecule has 1 unspecified atom stereocenters. The molecule has 0 aliphatic carbocycles.